The number of thiazole rings is 1. The normalized spacial score (nSPS) is 11.3. The Kier molecular flexibility index (Phi) is 5.40. The molecule has 0 radical (unpaired) electrons. The van der Waals surface area contributed by atoms with Crippen LogP contribution in [0.3, 0.4) is 0 Å². The van der Waals surface area contributed by atoms with Gasteiger partial charge in [0.05, 0.1) is 22.7 Å². The molecule has 2 heterocycles. The molecule has 0 saturated heterocycles. The molecule has 1 aromatic carbocycles. The van der Waals surface area contributed by atoms with Crippen LogP contribution < -0.4 is 10.5 Å². The van der Waals surface area contributed by atoms with Gasteiger partial charge in [-0.15, -0.1) is 11.3 Å². The van der Waals surface area contributed by atoms with E-state index in [2.05, 4.69) is 15.3 Å². The summed E-state index contributed by atoms with van der Waals surface area (Å²) in [6.07, 6.45) is 1.86. The zero-order valence-electron chi connectivity index (χ0n) is 13.6. The number of benzene rings is 1. The number of rotatable bonds is 6. The molecule has 134 valence electrons. The van der Waals surface area contributed by atoms with E-state index in [9.17, 15) is 13.2 Å². The van der Waals surface area contributed by atoms with Gasteiger partial charge in [0.25, 0.3) is 0 Å². The predicted octanol–water partition coefficient (Wildman–Crippen LogP) is 1.71. The number of primary sulfonamides is 1. The molecule has 0 aliphatic heterocycles. The van der Waals surface area contributed by atoms with Crippen molar-refractivity contribution in [3.63, 3.8) is 0 Å². The Labute approximate surface area is 155 Å². The first kappa shape index (κ1) is 18.2. The number of sulfonamides is 1. The van der Waals surface area contributed by atoms with Crippen LogP contribution in [0.15, 0.2) is 58.9 Å². The van der Waals surface area contributed by atoms with Crippen LogP contribution in [0, 0.1) is 0 Å². The molecule has 26 heavy (non-hydrogen) atoms. The summed E-state index contributed by atoms with van der Waals surface area (Å²) in [5, 5.41) is 10.4. The molecule has 3 rings (SSSR count). The van der Waals surface area contributed by atoms with Crippen LogP contribution in [-0.2, 0) is 27.8 Å². The van der Waals surface area contributed by atoms with Gasteiger partial charge in [0.1, 0.15) is 5.01 Å². The monoisotopic (exact) mass is 388 g/mol. The molecule has 0 aliphatic rings. The maximum Gasteiger partial charge on any atom is 0.238 e. The number of amides is 1. The smallest absolute Gasteiger partial charge is 0.238 e. The Morgan fingerprint density at radius 1 is 1.15 bits per heavy atom. The second-order valence-corrected chi connectivity index (χ2v) is 7.92. The minimum atomic E-state index is -3.71. The fraction of sp³-hybridized carbons (Fsp3) is 0.118. The van der Waals surface area contributed by atoms with Gasteiger partial charge in [0, 0.05) is 18.1 Å². The molecule has 0 spiro atoms. The number of nitrogens with zero attached hydrogens (tertiary/aromatic N) is 2. The van der Waals surface area contributed by atoms with E-state index >= 15 is 0 Å². The summed E-state index contributed by atoms with van der Waals surface area (Å²) in [6.45, 7) is 0.293. The summed E-state index contributed by atoms with van der Waals surface area (Å²) < 4.78 is 22.4. The third-order valence-corrected chi connectivity index (χ3v) is 5.36. The number of carbonyl (C=O) groups excluding carboxylic acids is 1. The number of pyridine rings is 1. The predicted molar refractivity (Wildman–Crippen MR) is 98.7 cm³/mol. The maximum absolute atomic E-state index is 12.1. The molecular formula is C17H16N4O3S2. The van der Waals surface area contributed by atoms with Crippen molar-refractivity contribution in [3.8, 4) is 10.7 Å². The van der Waals surface area contributed by atoms with Crippen LogP contribution in [0.1, 0.15) is 11.3 Å². The second kappa shape index (κ2) is 7.73. The van der Waals surface area contributed by atoms with Crippen molar-refractivity contribution in [1.82, 2.24) is 15.3 Å². The molecule has 3 aromatic rings. The van der Waals surface area contributed by atoms with Gasteiger partial charge >= 0.3 is 0 Å². The SMILES string of the molecule is NS(=O)(=O)c1ccc(CNC(=O)Cc2csc(-c3ccccn3)n2)cc1. The molecule has 2 aromatic heterocycles. The van der Waals surface area contributed by atoms with Crippen molar-refractivity contribution in [2.24, 2.45) is 5.14 Å². The maximum atomic E-state index is 12.1. The Balaban J connectivity index is 1.55. The molecule has 3 N–H and O–H groups in total. The van der Waals surface area contributed by atoms with E-state index in [-0.39, 0.29) is 17.2 Å². The Morgan fingerprint density at radius 2 is 1.92 bits per heavy atom. The highest BCUT2D eigenvalue weighted by Crippen LogP contribution is 2.21. The highest BCUT2D eigenvalue weighted by molar-refractivity contribution is 7.89. The van der Waals surface area contributed by atoms with Crippen LogP contribution in [0.2, 0.25) is 0 Å². The summed E-state index contributed by atoms with van der Waals surface area (Å²) in [7, 11) is -3.71. The first-order valence-corrected chi connectivity index (χ1v) is 10.1. The van der Waals surface area contributed by atoms with Gasteiger partial charge in [0.15, 0.2) is 0 Å². The molecule has 0 atom stereocenters. The minimum absolute atomic E-state index is 0.0390. The number of nitrogens with one attached hydrogen (secondary N) is 1. The summed E-state index contributed by atoms with van der Waals surface area (Å²) >= 11 is 1.44. The summed E-state index contributed by atoms with van der Waals surface area (Å²) in [6, 6.07) is 11.6. The van der Waals surface area contributed by atoms with Crippen molar-refractivity contribution in [3.05, 3.63) is 65.3 Å². The number of aromatic nitrogens is 2. The average molecular weight is 388 g/mol. The first-order valence-electron chi connectivity index (χ1n) is 7.66. The molecular weight excluding hydrogens is 372 g/mol. The summed E-state index contributed by atoms with van der Waals surface area (Å²) in [4.78, 5) is 20.8. The van der Waals surface area contributed by atoms with Crippen LogP contribution in [-0.4, -0.2) is 24.3 Å². The lowest BCUT2D eigenvalue weighted by atomic mass is 10.2. The van der Waals surface area contributed by atoms with Crippen LogP contribution in [0.25, 0.3) is 10.7 Å². The van der Waals surface area contributed by atoms with Crippen molar-refractivity contribution in [2.45, 2.75) is 17.9 Å². The van der Waals surface area contributed by atoms with Gasteiger partial charge in [-0.05, 0) is 29.8 Å². The lowest BCUT2D eigenvalue weighted by Crippen LogP contribution is -2.24. The number of carbonyl (C=O) groups is 1. The van der Waals surface area contributed by atoms with E-state index < -0.39 is 10.0 Å². The van der Waals surface area contributed by atoms with Crippen molar-refractivity contribution >= 4 is 27.3 Å². The van der Waals surface area contributed by atoms with E-state index in [1.165, 1.54) is 23.5 Å². The fourth-order valence-electron chi connectivity index (χ4n) is 2.22. The minimum Gasteiger partial charge on any atom is -0.352 e. The van der Waals surface area contributed by atoms with Gasteiger partial charge in [0.2, 0.25) is 15.9 Å². The fourth-order valence-corrected chi connectivity index (χ4v) is 3.53. The molecule has 0 bridgehead atoms. The molecule has 0 aliphatic carbocycles. The first-order chi connectivity index (χ1) is 12.4. The standard InChI is InChI=1S/C17H16N4O3S2/c18-26(23,24)14-6-4-12(5-7-14)10-20-16(22)9-13-11-25-17(21-13)15-3-1-2-8-19-15/h1-8,11H,9-10H2,(H,20,22)(H2,18,23,24). The molecule has 0 fully saturated rings. The lowest BCUT2D eigenvalue weighted by Gasteiger charge is -2.05. The van der Waals surface area contributed by atoms with E-state index in [4.69, 9.17) is 5.14 Å². The molecule has 0 unspecified atom stereocenters. The topological polar surface area (TPSA) is 115 Å². The molecule has 7 nitrogen and oxygen atoms in total. The van der Waals surface area contributed by atoms with Gasteiger partial charge in [-0.25, -0.2) is 18.5 Å². The summed E-state index contributed by atoms with van der Waals surface area (Å²) in [5.41, 5.74) is 2.23. The van der Waals surface area contributed by atoms with E-state index in [0.29, 0.717) is 12.2 Å². The van der Waals surface area contributed by atoms with E-state index in [0.717, 1.165) is 16.3 Å². The Morgan fingerprint density at radius 3 is 2.58 bits per heavy atom. The van der Waals surface area contributed by atoms with Crippen LogP contribution in [0.5, 0.6) is 0 Å². The van der Waals surface area contributed by atoms with Gasteiger partial charge in [-0.3, -0.25) is 9.78 Å². The zero-order valence-corrected chi connectivity index (χ0v) is 15.3. The molecule has 1 amide bonds. The van der Waals surface area contributed by atoms with Crippen LogP contribution >= 0.6 is 11.3 Å². The third kappa shape index (κ3) is 4.72. The van der Waals surface area contributed by atoms with Crippen molar-refractivity contribution in [1.29, 1.82) is 0 Å². The second-order valence-electron chi connectivity index (χ2n) is 5.50. The van der Waals surface area contributed by atoms with Gasteiger partial charge < -0.3 is 5.32 Å². The number of hydrogen-bond acceptors (Lipinski definition) is 6. The zero-order chi connectivity index (χ0) is 18.6. The van der Waals surface area contributed by atoms with Crippen molar-refractivity contribution in [2.75, 3.05) is 0 Å². The molecule has 0 saturated carbocycles. The number of nitrogens with two attached hydrogens (primary N) is 1. The van der Waals surface area contributed by atoms with Gasteiger partial charge in [-0.2, -0.15) is 0 Å². The number of hydrogen-bond donors (Lipinski definition) is 2. The van der Waals surface area contributed by atoms with E-state index in [1.807, 2.05) is 23.6 Å². The van der Waals surface area contributed by atoms with Gasteiger partial charge in [-0.1, -0.05) is 18.2 Å². The highest BCUT2D eigenvalue weighted by atomic mass is 32.2. The Bertz CT molecular complexity index is 1000. The van der Waals surface area contributed by atoms with E-state index in [1.54, 1.807) is 18.3 Å². The van der Waals surface area contributed by atoms with Crippen molar-refractivity contribution < 1.29 is 13.2 Å². The molecule has 9 heteroatoms. The lowest BCUT2D eigenvalue weighted by molar-refractivity contribution is -0.120. The third-order valence-electron chi connectivity index (χ3n) is 3.52. The summed E-state index contributed by atoms with van der Waals surface area (Å²) in [5.74, 6) is -0.168. The highest BCUT2D eigenvalue weighted by Gasteiger charge is 2.10. The van der Waals surface area contributed by atoms with Crippen LogP contribution in [0.4, 0.5) is 0 Å². The quantitative estimate of drug-likeness (QED) is 0.667. The average Bonchev–Trinajstić information content (AvgIpc) is 3.09. The largest absolute Gasteiger partial charge is 0.352 e. The Hall–Kier alpha value is -2.62.